The summed E-state index contributed by atoms with van der Waals surface area (Å²) in [5.74, 6) is 5.84. The van der Waals surface area contributed by atoms with Crippen LogP contribution in [0.4, 0.5) is 11.4 Å². The fourth-order valence-electron chi connectivity index (χ4n) is 2.87. The molecule has 1 fully saturated rings. The monoisotopic (exact) mass is 294 g/mol. The van der Waals surface area contributed by atoms with Crippen LogP contribution in [-0.2, 0) is 11.3 Å². The average Bonchev–Trinajstić information content (AvgIpc) is 2.48. The van der Waals surface area contributed by atoms with Crippen molar-refractivity contribution in [3.63, 3.8) is 0 Å². The van der Waals surface area contributed by atoms with Gasteiger partial charge < -0.3 is 10.2 Å². The highest BCUT2D eigenvalue weighted by molar-refractivity contribution is 5.61. The van der Waals surface area contributed by atoms with Crippen molar-refractivity contribution in [3.8, 4) is 0 Å². The Labute approximate surface area is 124 Å². The van der Waals surface area contributed by atoms with Crippen molar-refractivity contribution in [2.45, 2.75) is 19.4 Å². The minimum absolute atomic E-state index is 0.0143. The standard InChI is InChI=1S/C14H22N4O3/c1-21-10-12-3-2-6-17(9-12)8-11-4-5-13(16-15)14(7-11)18(19)20/h4-5,7,12,16H,2-3,6,8-10,15H2,1H3. The van der Waals surface area contributed by atoms with Gasteiger partial charge in [-0.15, -0.1) is 0 Å². The maximum Gasteiger partial charge on any atom is 0.293 e. The zero-order valence-electron chi connectivity index (χ0n) is 12.2. The van der Waals surface area contributed by atoms with Crippen molar-refractivity contribution in [1.82, 2.24) is 4.90 Å². The summed E-state index contributed by atoms with van der Waals surface area (Å²) in [6.07, 6.45) is 2.32. The molecular formula is C14H22N4O3. The van der Waals surface area contributed by atoms with Gasteiger partial charge in [0.2, 0.25) is 0 Å². The molecule has 1 aromatic carbocycles. The second-order valence-corrected chi connectivity index (χ2v) is 5.45. The van der Waals surface area contributed by atoms with E-state index >= 15 is 0 Å². The summed E-state index contributed by atoms with van der Waals surface area (Å²) < 4.78 is 5.22. The summed E-state index contributed by atoms with van der Waals surface area (Å²) in [6, 6.07) is 5.13. The molecular weight excluding hydrogens is 272 g/mol. The van der Waals surface area contributed by atoms with Crippen LogP contribution in [0.15, 0.2) is 18.2 Å². The molecule has 1 heterocycles. The lowest BCUT2D eigenvalue weighted by atomic mass is 9.98. The van der Waals surface area contributed by atoms with E-state index in [0.29, 0.717) is 18.2 Å². The topological polar surface area (TPSA) is 93.7 Å². The van der Waals surface area contributed by atoms with Crippen LogP contribution in [-0.4, -0.2) is 36.6 Å². The molecule has 0 amide bonds. The maximum atomic E-state index is 11.0. The molecule has 3 N–H and O–H groups in total. The van der Waals surface area contributed by atoms with E-state index < -0.39 is 4.92 Å². The van der Waals surface area contributed by atoms with Crippen LogP contribution in [0.1, 0.15) is 18.4 Å². The van der Waals surface area contributed by atoms with Gasteiger partial charge in [-0.1, -0.05) is 6.07 Å². The highest BCUT2D eigenvalue weighted by atomic mass is 16.6. The molecule has 21 heavy (non-hydrogen) atoms. The van der Waals surface area contributed by atoms with E-state index in [0.717, 1.165) is 31.7 Å². The van der Waals surface area contributed by atoms with Crippen molar-refractivity contribution in [1.29, 1.82) is 0 Å². The van der Waals surface area contributed by atoms with Gasteiger partial charge in [-0.05, 0) is 36.9 Å². The third kappa shape index (κ3) is 4.13. The van der Waals surface area contributed by atoms with Gasteiger partial charge in [0.1, 0.15) is 5.69 Å². The van der Waals surface area contributed by atoms with Crippen molar-refractivity contribution < 1.29 is 9.66 Å². The lowest BCUT2D eigenvalue weighted by Gasteiger charge is -2.32. The van der Waals surface area contributed by atoms with Gasteiger partial charge in [0.15, 0.2) is 0 Å². The Morgan fingerprint density at radius 2 is 2.38 bits per heavy atom. The first-order valence-corrected chi connectivity index (χ1v) is 7.09. The van der Waals surface area contributed by atoms with E-state index in [1.807, 2.05) is 6.07 Å². The second-order valence-electron chi connectivity index (χ2n) is 5.45. The summed E-state index contributed by atoms with van der Waals surface area (Å²) in [6.45, 7) is 3.47. The Balaban J connectivity index is 2.05. The first kappa shape index (κ1) is 15.7. The number of rotatable bonds is 6. The molecule has 0 aromatic heterocycles. The molecule has 1 aliphatic rings. The van der Waals surface area contributed by atoms with Crippen molar-refractivity contribution in [2.75, 3.05) is 32.2 Å². The molecule has 7 heteroatoms. The lowest BCUT2D eigenvalue weighted by molar-refractivity contribution is -0.384. The number of likely N-dealkylation sites (tertiary alicyclic amines) is 1. The zero-order chi connectivity index (χ0) is 15.2. The summed E-state index contributed by atoms with van der Waals surface area (Å²) in [7, 11) is 1.72. The van der Waals surface area contributed by atoms with E-state index in [9.17, 15) is 10.1 Å². The number of nitrogen functional groups attached to an aromatic ring is 1. The van der Waals surface area contributed by atoms with E-state index in [1.54, 1.807) is 19.2 Å². The molecule has 0 spiro atoms. The predicted octanol–water partition coefficient (Wildman–Crippen LogP) is 1.74. The third-order valence-corrected chi connectivity index (χ3v) is 3.83. The van der Waals surface area contributed by atoms with Gasteiger partial charge in [-0.3, -0.25) is 20.9 Å². The Hall–Kier alpha value is -1.70. The molecule has 2 rings (SSSR count). The molecule has 116 valence electrons. The molecule has 0 bridgehead atoms. The van der Waals surface area contributed by atoms with Crippen LogP contribution in [0.25, 0.3) is 0 Å². The number of ether oxygens (including phenoxy) is 1. The predicted molar refractivity (Wildman–Crippen MR) is 80.8 cm³/mol. The highest BCUT2D eigenvalue weighted by Crippen LogP contribution is 2.26. The number of anilines is 1. The van der Waals surface area contributed by atoms with E-state index in [-0.39, 0.29) is 5.69 Å². The Bertz CT molecular complexity index is 493. The van der Waals surface area contributed by atoms with Crippen molar-refractivity contribution in [2.24, 2.45) is 11.8 Å². The fraction of sp³-hybridized carbons (Fsp3) is 0.571. The molecule has 0 aliphatic carbocycles. The number of hydrogen-bond donors (Lipinski definition) is 2. The summed E-state index contributed by atoms with van der Waals surface area (Å²) in [4.78, 5) is 12.9. The summed E-state index contributed by atoms with van der Waals surface area (Å²) in [5.41, 5.74) is 3.64. The van der Waals surface area contributed by atoms with Crippen LogP contribution < -0.4 is 11.3 Å². The smallest absolute Gasteiger partial charge is 0.293 e. The molecule has 1 atom stereocenters. The minimum Gasteiger partial charge on any atom is -0.384 e. The molecule has 0 radical (unpaired) electrons. The molecule has 1 saturated heterocycles. The minimum atomic E-state index is -0.414. The number of methoxy groups -OCH3 is 1. The number of hydrazine groups is 1. The fourth-order valence-corrected chi connectivity index (χ4v) is 2.87. The molecule has 7 nitrogen and oxygen atoms in total. The first-order chi connectivity index (χ1) is 10.1. The second kappa shape index (κ2) is 7.35. The number of hydrogen-bond acceptors (Lipinski definition) is 6. The van der Waals surface area contributed by atoms with E-state index in [4.69, 9.17) is 10.6 Å². The number of benzene rings is 1. The quantitative estimate of drug-likeness (QED) is 0.471. The largest absolute Gasteiger partial charge is 0.384 e. The Morgan fingerprint density at radius 1 is 1.57 bits per heavy atom. The number of nitro groups is 1. The lowest BCUT2D eigenvalue weighted by Crippen LogP contribution is -2.36. The number of piperidine rings is 1. The Kier molecular flexibility index (Phi) is 5.49. The summed E-state index contributed by atoms with van der Waals surface area (Å²) >= 11 is 0. The van der Waals surface area contributed by atoms with Gasteiger partial charge >= 0.3 is 0 Å². The van der Waals surface area contributed by atoms with Crippen LogP contribution in [0.2, 0.25) is 0 Å². The van der Waals surface area contributed by atoms with Crippen LogP contribution >= 0.6 is 0 Å². The van der Waals surface area contributed by atoms with Gasteiger partial charge in [-0.25, -0.2) is 0 Å². The first-order valence-electron chi connectivity index (χ1n) is 7.09. The number of nitro benzene ring substituents is 1. The maximum absolute atomic E-state index is 11.0. The van der Waals surface area contributed by atoms with Gasteiger partial charge in [-0.2, -0.15) is 0 Å². The van der Waals surface area contributed by atoms with E-state index in [2.05, 4.69) is 10.3 Å². The van der Waals surface area contributed by atoms with Crippen molar-refractivity contribution >= 4 is 11.4 Å². The summed E-state index contributed by atoms with van der Waals surface area (Å²) in [5, 5.41) is 11.0. The van der Waals surface area contributed by atoms with Crippen LogP contribution in [0, 0.1) is 16.0 Å². The van der Waals surface area contributed by atoms with E-state index in [1.165, 1.54) is 6.42 Å². The number of nitrogens with two attached hydrogens (primary N) is 1. The Morgan fingerprint density at radius 3 is 3.05 bits per heavy atom. The third-order valence-electron chi connectivity index (χ3n) is 3.83. The van der Waals surface area contributed by atoms with Gasteiger partial charge in [0, 0.05) is 26.3 Å². The van der Waals surface area contributed by atoms with Crippen LogP contribution in [0.5, 0.6) is 0 Å². The highest BCUT2D eigenvalue weighted by Gasteiger charge is 2.21. The average molecular weight is 294 g/mol. The van der Waals surface area contributed by atoms with Crippen LogP contribution in [0.3, 0.4) is 0 Å². The number of nitrogens with zero attached hydrogens (tertiary/aromatic N) is 2. The zero-order valence-corrected chi connectivity index (χ0v) is 12.2. The molecule has 1 unspecified atom stereocenters. The molecule has 1 aromatic rings. The van der Waals surface area contributed by atoms with Gasteiger partial charge in [0.05, 0.1) is 11.5 Å². The van der Waals surface area contributed by atoms with Gasteiger partial charge in [0.25, 0.3) is 5.69 Å². The molecule has 0 saturated carbocycles. The SMILES string of the molecule is COCC1CCCN(Cc2ccc(NN)c([N+](=O)[O-])c2)C1. The normalized spacial score (nSPS) is 19.4. The van der Waals surface area contributed by atoms with Crippen molar-refractivity contribution in [3.05, 3.63) is 33.9 Å². The number of nitrogens with one attached hydrogen (secondary N) is 1. The molecule has 1 aliphatic heterocycles.